The summed E-state index contributed by atoms with van der Waals surface area (Å²) in [5.41, 5.74) is 0.935. The van der Waals surface area contributed by atoms with Crippen molar-refractivity contribution in [3.05, 3.63) is 104 Å². The molecule has 5 aromatic rings. The van der Waals surface area contributed by atoms with Gasteiger partial charge in [-0.2, -0.15) is 18.2 Å². The van der Waals surface area contributed by atoms with Gasteiger partial charge in [-0.1, -0.05) is 29.3 Å². The molecule has 1 amide bonds. The second kappa shape index (κ2) is 12.9. The van der Waals surface area contributed by atoms with Gasteiger partial charge in [0.2, 0.25) is 5.95 Å². The first kappa shape index (κ1) is 32.3. The van der Waals surface area contributed by atoms with Crippen LogP contribution in [0.2, 0.25) is 10.0 Å². The molecule has 47 heavy (non-hydrogen) atoms. The number of likely N-dealkylation sites (N-methyl/N-ethyl adjacent to an activating group) is 1. The van der Waals surface area contributed by atoms with Crippen LogP contribution in [0.15, 0.2) is 77.7 Å². The summed E-state index contributed by atoms with van der Waals surface area (Å²) in [5.74, 6) is -0.525. The smallest absolute Gasteiger partial charge is 0.369 e. The summed E-state index contributed by atoms with van der Waals surface area (Å²) >= 11 is 13.2. The average Bonchev–Trinajstić information content (AvgIpc) is 3.05. The van der Waals surface area contributed by atoms with Gasteiger partial charge in [0.15, 0.2) is 0 Å². The van der Waals surface area contributed by atoms with E-state index < -0.39 is 23.2 Å². The summed E-state index contributed by atoms with van der Waals surface area (Å²) in [4.78, 5) is 40.1. The lowest BCUT2D eigenvalue weighted by atomic mass is 10.0. The van der Waals surface area contributed by atoms with Gasteiger partial charge in [0, 0.05) is 67.3 Å². The number of benzene rings is 3. The number of carbonyl (C=O) groups excluding carboxylic acids is 1. The quantitative estimate of drug-likeness (QED) is 0.198. The van der Waals surface area contributed by atoms with Crippen molar-refractivity contribution >= 4 is 63.2 Å². The van der Waals surface area contributed by atoms with Crippen LogP contribution in [0, 0.1) is 0 Å². The van der Waals surface area contributed by atoms with Crippen molar-refractivity contribution in [1.29, 1.82) is 0 Å². The van der Waals surface area contributed by atoms with Crippen LogP contribution in [0.3, 0.4) is 0 Å². The van der Waals surface area contributed by atoms with Gasteiger partial charge in [-0.3, -0.25) is 14.2 Å². The van der Waals surface area contributed by atoms with E-state index in [1.54, 1.807) is 19.3 Å². The Morgan fingerprint density at radius 1 is 0.936 bits per heavy atom. The van der Waals surface area contributed by atoms with E-state index in [4.69, 9.17) is 23.2 Å². The molecule has 0 saturated carbocycles. The lowest BCUT2D eigenvalue weighted by Gasteiger charge is -2.34. The Kier molecular flexibility index (Phi) is 8.84. The zero-order valence-corrected chi connectivity index (χ0v) is 26.7. The Morgan fingerprint density at radius 2 is 1.66 bits per heavy atom. The van der Waals surface area contributed by atoms with Crippen molar-refractivity contribution < 1.29 is 18.0 Å². The van der Waals surface area contributed by atoms with Crippen molar-refractivity contribution in [1.82, 2.24) is 19.4 Å². The number of aryl methyl sites for hydroxylation is 1. The molecule has 2 N–H and O–H groups in total. The van der Waals surface area contributed by atoms with Crippen LogP contribution in [0.4, 0.5) is 36.2 Å². The van der Waals surface area contributed by atoms with Gasteiger partial charge in [-0.15, -0.1) is 0 Å². The Labute approximate surface area is 277 Å². The molecule has 0 radical (unpaired) electrons. The number of hydrogen-bond acceptors (Lipinski definition) is 7. The van der Waals surface area contributed by atoms with Gasteiger partial charge in [-0.05, 0) is 67.7 Å². The minimum Gasteiger partial charge on any atom is -0.369 e. The minimum atomic E-state index is -4.62. The molecule has 6 rings (SSSR count). The Hall–Kier alpha value is -4.65. The molecule has 2 aromatic heterocycles. The Balaban J connectivity index is 1.26. The number of halogens is 5. The number of carbonyl (C=O) groups is 1. The topological polar surface area (TPSA) is 95.4 Å². The molecule has 1 aliphatic rings. The summed E-state index contributed by atoms with van der Waals surface area (Å²) in [6.07, 6.45) is -3.05. The third-order valence-electron chi connectivity index (χ3n) is 8.00. The minimum absolute atomic E-state index is 0.0602. The van der Waals surface area contributed by atoms with Crippen LogP contribution in [0.5, 0.6) is 0 Å². The van der Waals surface area contributed by atoms with Crippen LogP contribution >= 0.6 is 23.2 Å². The third kappa shape index (κ3) is 6.76. The highest BCUT2D eigenvalue weighted by Crippen LogP contribution is 2.39. The number of nitrogens with zero attached hydrogens (tertiary/aromatic N) is 5. The molecule has 3 aromatic carbocycles. The standard InChI is InChI=1S/C33H28Cl2F3N7O2/c1-43-12-14-45(15-13-43)23-8-6-22(7-9-23)40-32-39-18-20-17-24(31(47)44(2)29(20)42-32)27-25(34)10-11-26(28(27)35)41-30(46)19-4-3-5-21(16-19)33(36,37)38/h3-11,16-18H,12-15H2,1-2H3,(H,41,46)(H,39,40,42). The highest BCUT2D eigenvalue weighted by molar-refractivity contribution is 6.41. The SMILES string of the molecule is CN1CCN(c2ccc(Nc3ncc4cc(-c5c(Cl)ccc(NC(=O)c6cccc(C(F)(F)F)c6)c5Cl)c(=O)n(C)c4n3)cc2)CC1. The molecular weight excluding hydrogens is 654 g/mol. The van der Waals surface area contributed by atoms with E-state index in [0.717, 1.165) is 55.8 Å². The molecule has 3 heterocycles. The van der Waals surface area contributed by atoms with Crippen LogP contribution in [-0.4, -0.2) is 58.6 Å². The van der Waals surface area contributed by atoms with E-state index >= 15 is 0 Å². The molecule has 1 fully saturated rings. The zero-order chi connectivity index (χ0) is 33.5. The lowest BCUT2D eigenvalue weighted by molar-refractivity contribution is -0.137. The maximum absolute atomic E-state index is 13.6. The number of nitrogens with one attached hydrogen (secondary N) is 2. The molecule has 0 aliphatic carbocycles. The normalized spacial score (nSPS) is 14.0. The van der Waals surface area contributed by atoms with Crippen molar-refractivity contribution in [2.75, 3.05) is 48.8 Å². The van der Waals surface area contributed by atoms with E-state index in [1.807, 2.05) is 24.3 Å². The fraction of sp³-hybridized carbons (Fsp3) is 0.212. The number of fused-ring (bicyclic) bond motifs is 1. The van der Waals surface area contributed by atoms with Crippen molar-refractivity contribution in [3.8, 4) is 11.1 Å². The van der Waals surface area contributed by atoms with E-state index in [9.17, 15) is 22.8 Å². The maximum Gasteiger partial charge on any atom is 0.416 e. The van der Waals surface area contributed by atoms with Gasteiger partial charge in [0.25, 0.3) is 11.5 Å². The molecule has 1 saturated heterocycles. The van der Waals surface area contributed by atoms with Gasteiger partial charge in [-0.25, -0.2) is 4.98 Å². The first-order valence-corrected chi connectivity index (χ1v) is 15.3. The molecule has 0 unspecified atom stereocenters. The molecular formula is C33H28Cl2F3N7O2. The van der Waals surface area contributed by atoms with Crippen LogP contribution in [-0.2, 0) is 13.2 Å². The maximum atomic E-state index is 13.6. The summed E-state index contributed by atoms with van der Waals surface area (Å²) in [5, 5.41) is 6.29. The van der Waals surface area contributed by atoms with Gasteiger partial charge in [0.05, 0.1) is 26.9 Å². The van der Waals surface area contributed by atoms with Crippen molar-refractivity contribution in [3.63, 3.8) is 0 Å². The second-order valence-corrected chi connectivity index (χ2v) is 12.0. The molecule has 14 heteroatoms. The van der Waals surface area contributed by atoms with E-state index in [0.29, 0.717) is 17.0 Å². The first-order valence-electron chi connectivity index (χ1n) is 14.5. The molecule has 0 spiro atoms. The number of pyridine rings is 1. The molecule has 0 bridgehead atoms. The highest BCUT2D eigenvalue weighted by Gasteiger charge is 2.31. The van der Waals surface area contributed by atoms with Gasteiger partial charge in [0.1, 0.15) is 5.65 Å². The third-order valence-corrected chi connectivity index (χ3v) is 8.71. The number of rotatable bonds is 6. The van der Waals surface area contributed by atoms with E-state index in [1.165, 1.54) is 22.8 Å². The van der Waals surface area contributed by atoms with Gasteiger partial charge >= 0.3 is 6.18 Å². The number of anilines is 4. The number of piperazine rings is 1. The summed E-state index contributed by atoms with van der Waals surface area (Å²) in [7, 11) is 3.67. The van der Waals surface area contributed by atoms with E-state index in [-0.39, 0.29) is 32.4 Å². The molecule has 242 valence electrons. The summed E-state index contributed by atoms with van der Waals surface area (Å²) in [6.45, 7) is 3.94. The average molecular weight is 683 g/mol. The largest absolute Gasteiger partial charge is 0.416 e. The van der Waals surface area contributed by atoms with Crippen molar-refractivity contribution in [2.24, 2.45) is 7.05 Å². The van der Waals surface area contributed by atoms with Crippen LogP contribution in [0.1, 0.15) is 15.9 Å². The van der Waals surface area contributed by atoms with Gasteiger partial charge < -0.3 is 20.4 Å². The molecule has 9 nitrogen and oxygen atoms in total. The molecule has 1 aliphatic heterocycles. The summed E-state index contributed by atoms with van der Waals surface area (Å²) in [6, 6.07) is 16.4. The summed E-state index contributed by atoms with van der Waals surface area (Å²) < 4.78 is 40.9. The number of hydrogen-bond donors (Lipinski definition) is 2. The Morgan fingerprint density at radius 3 is 2.36 bits per heavy atom. The van der Waals surface area contributed by atoms with E-state index in [2.05, 4.69) is 37.4 Å². The van der Waals surface area contributed by atoms with Crippen molar-refractivity contribution in [2.45, 2.75) is 6.18 Å². The lowest BCUT2D eigenvalue weighted by Crippen LogP contribution is -2.44. The number of alkyl halides is 3. The van der Waals surface area contributed by atoms with Crippen LogP contribution in [0.25, 0.3) is 22.2 Å². The number of amides is 1. The predicted octanol–water partition coefficient (Wildman–Crippen LogP) is 7.07. The fourth-order valence-electron chi connectivity index (χ4n) is 5.36. The monoisotopic (exact) mass is 681 g/mol. The predicted molar refractivity (Wildman–Crippen MR) is 179 cm³/mol. The number of aromatic nitrogens is 3. The fourth-order valence-corrected chi connectivity index (χ4v) is 5.98. The van der Waals surface area contributed by atoms with Crippen LogP contribution < -0.4 is 21.1 Å². The molecule has 0 atom stereocenters. The second-order valence-electron chi connectivity index (χ2n) is 11.2. The Bertz CT molecular complexity index is 2040. The first-order chi connectivity index (χ1) is 22.4. The highest BCUT2D eigenvalue weighted by atomic mass is 35.5. The zero-order valence-electron chi connectivity index (χ0n) is 25.2.